The molecule has 2 N–H and O–H groups in total. The van der Waals surface area contributed by atoms with Crippen molar-refractivity contribution in [3.63, 3.8) is 0 Å². The fourth-order valence-electron chi connectivity index (χ4n) is 1.91. The Kier molecular flexibility index (Phi) is 2.86. The molecule has 0 amide bonds. The zero-order chi connectivity index (χ0) is 14.1. The summed E-state index contributed by atoms with van der Waals surface area (Å²) < 4.78 is 1.45. The van der Waals surface area contributed by atoms with Gasteiger partial charge in [0.2, 0.25) is 5.95 Å². The minimum Gasteiger partial charge on any atom is -0.368 e. The van der Waals surface area contributed by atoms with Crippen LogP contribution in [-0.2, 0) is 0 Å². The fraction of sp³-hybridized carbons (Fsp3) is 0.154. The zero-order valence-electron chi connectivity index (χ0n) is 11.1. The molecule has 3 aromatic rings. The summed E-state index contributed by atoms with van der Waals surface area (Å²) in [6, 6.07) is 5.97. The molecule has 1 aromatic carbocycles. The van der Waals surface area contributed by atoms with Crippen molar-refractivity contribution in [2.24, 2.45) is 0 Å². The molecule has 0 aliphatic rings. The largest absolute Gasteiger partial charge is 0.368 e. The first-order chi connectivity index (χ1) is 9.65. The lowest BCUT2D eigenvalue weighted by Crippen LogP contribution is -2.08. The highest BCUT2D eigenvalue weighted by Crippen LogP contribution is 2.23. The molecule has 100 valence electrons. The molecule has 0 radical (unpaired) electrons. The van der Waals surface area contributed by atoms with Crippen LogP contribution < -0.4 is 5.73 Å². The Hall–Kier alpha value is -2.83. The number of nitrogen functional groups attached to an aromatic ring is 1. The summed E-state index contributed by atoms with van der Waals surface area (Å²) in [4.78, 5) is 16.6. The first-order valence-electron chi connectivity index (χ1n) is 6.08. The molecular formula is C13H13N7. The van der Waals surface area contributed by atoms with Crippen molar-refractivity contribution in [1.82, 2.24) is 29.7 Å². The number of hydrogen-bond acceptors (Lipinski definition) is 6. The van der Waals surface area contributed by atoms with Gasteiger partial charge in [-0.1, -0.05) is 18.2 Å². The highest BCUT2D eigenvalue weighted by atomic mass is 15.4. The fourth-order valence-corrected chi connectivity index (χ4v) is 1.91. The third kappa shape index (κ3) is 2.09. The number of benzene rings is 1. The van der Waals surface area contributed by atoms with E-state index >= 15 is 0 Å². The van der Waals surface area contributed by atoms with E-state index in [4.69, 9.17) is 5.73 Å². The molecule has 3 rings (SSSR count). The van der Waals surface area contributed by atoms with Gasteiger partial charge in [-0.25, -0.2) is 4.98 Å². The van der Waals surface area contributed by atoms with Crippen LogP contribution in [0.5, 0.6) is 0 Å². The minimum absolute atomic E-state index is 0.154. The SMILES string of the molecule is Cc1cccc(-c2nc(N)nc(-n3cncn3)n2)c1C. The van der Waals surface area contributed by atoms with Gasteiger partial charge in [0.15, 0.2) is 5.82 Å². The third-order valence-corrected chi connectivity index (χ3v) is 3.11. The highest BCUT2D eigenvalue weighted by molar-refractivity contribution is 5.62. The Morgan fingerprint density at radius 3 is 2.70 bits per heavy atom. The van der Waals surface area contributed by atoms with Gasteiger partial charge < -0.3 is 5.73 Å². The van der Waals surface area contributed by atoms with E-state index in [9.17, 15) is 0 Å². The van der Waals surface area contributed by atoms with E-state index in [0.717, 1.165) is 11.1 Å². The molecule has 0 aliphatic carbocycles. The maximum atomic E-state index is 5.77. The van der Waals surface area contributed by atoms with Crippen molar-refractivity contribution in [2.75, 3.05) is 5.73 Å². The van der Waals surface area contributed by atoms with E-state index in [0.29, 0.717) is 11.8 Å². The van der Waals surface area contributed by atoms with Crippen LogP contribution in [0.1, 0.15) is 11.1 Å². The first-order valence-corrected chi connectivity index (χ1v) is 6.08. The van der Waals surface area contributed by atoms with Crippen molar-refractivity contribution in [2.45, 2.75) is 13.8 Å². The molecule has 2 aromatic heterocycles. The van der Waals surface area contributed by atoms with Gasteiger partial charge in [-0.3, -0.25) is 0 Å². The van der Waals surface area contributed by atoms with E-state index in [1.807, 2.05) is 32.0 Å². The number of hydrogen-bond donors (Lipinski definition) is 1. The second-order valence-corrected chi connectivity index (χ2v) is 4.40. The zero-order valence-corrected chi connectivity index (χ0v) is 11.1. The molecule has 0 atom stereocenters. The lowest BCUT2D eigenvalue weighted by atomic mass is 10.0. The van der Waals surface area contributed by atoms with Crippen LogP contribution in [0.15, 0.2) is 30.9 Å². The van der Waals surface area contributed by atoms with Crippen molar-refractivity contribution in [3.05, 3.63) is 42.0 Å². The number of aromatic nitrogens is 6. The monoisotopic (exact) mass is 267 g/mol. The molecule has 0 spiro atoms. The summed E-state index contributed by atoms with van der Waals surface area (Å²) in [5.41, 5.74) is 8.98. The molecule has 0 bridgehead atoms. The molecule has 0 fully saturated rings. The van der Waals surface area contributed by atoms with E-state index < -0.39 is 0 Å². The molecule has 7 nitrogen and oxygen atoms in total. The van der Waals surface area contributed by atoms with Gasteiger partial charge in [-0.05, 0) is 25.0 Å². The number of aryl methyl sites for hydroxylation is 1. The summed E-state index contributed by atoms with van der Waals surface area (Å²) in [6.45, 7) is 4.07. The minimum atomic E-state index is 0.154. The summed E-state index contributed by atoms with van der Waals surface area (Å²) in [6.07, 6.45) is 2.93. The Morgan fingerprint density at radius 2 is 1.95 bits per heavy atom. The van der Waals surface area contributed by atoms with Crippen LogP contribution >= 0.6 is 0 Å². The van der Waals surface area contributed by atoms with Crippen LogP contribution in [0.25, 0.3) is 17.3 Å². The average Bonchev–Trinajstić information content (AvgIpc) is 2.95. The molecular weight excluding hydrogens is 254 g/mol. The van der Waals surface area contributed by atoms with Gasteiger partial charge in [-0.15, -0.1) is 0 Å². The predicted molar refractivity (Wildman–Crippen MR) is 74.1 cm³/mol. The van der Waals surface area contributed by atoms with Crippen molar-refractivity contribution >= 4 is 5.95 Å². The number of rotatable bonds is 2. The van der Waals surface area contributed by atoms with Gasteiger partial charge in [0.25, 0.3) is 5.95 Å². The predicted octanol–water partition coefficient (Wildman–Crippen LogP) is 1.32. The van der Waals surface area contributed by atoms with Gasteiger partial charge in [0, 0.05) is 5.56 Å². The maximum absolute atomic E-state index is 5.77. The molecule has 7 heteroatoms. The van der Waals surface area contributed by atoms with Crippen LogP contribution in [0.4, 0.5) is 5.95 Å². The summed E-state index contributed by atoms with van der Waals surface area (Å²) in [7, 11) is 0. The van der Waals surface area contributed by atoms with Crippen molar-refractivity contribution in [1.29, 1.82) is 0 Å². The molecule has 0 unspecified atom stereocenters. The second kappa shape index (κ2) is 4.69. The Labute approximate surface area is 115 Å². The summed E-state index contributed by atoms with van der Waals surface area (Å²) in [5.74, 6) is 1.04. The average molecular weight is 267 g/mol. The molecule has 0 saturated heterocycles. The molecule has 0 aliphatic heterocycles. The van der Waals surface area contributed by atoms with E-state index in [-0.39, 0.29) is 5.95 Å². The first kappa shape index (κ1) is 12.2. The normalized spacial score (nSPS) is 10.7. The Balaban J connectivity index is 2.17. The van der Waals surface area contributed by atoms with Crippen LogP contribution in [-0.4, -0.2) is 29.7 Å². The van der Waals surface area contributed by atoms with Crippen LogP contribution in [0, 0.1) is 13.8 Å². The number of anilines is 1. The molecule has 2 heterocycles. The highest BCUT2D eigenvalue weighted by Gasteiger charge is 2.11. The van der Waals surface area contributed by atoms with Gasteiger partial charge in [0.05, 0.1) is 0 Å². The van der Waals surface area contributed by atoms with Crippen molar-refractivity contribution < 1.29 is 0 Å². The quantitative estimate of drug-likeness (QED) is 0.752. The Morgan fingerprint density at radius 1 is 1.10 bits per heavy atom. The van der Waals surface area contributed by atoms with Gasteiger partial charge in [0.1, 0.15) is 12.7 Å². The number of nitrogens with zero attached hydrogens (tertiary/aromatic N) is 6. The maximum Gasteiger partial charge on any atom is 0.257 e. The van der Waals surface area contributed by atoms with E-state index in [2.05, 4.69) is 25.0 Å². The topological polar surface area (TPSA) is 95.4 Å². The summed E-state index contributed by atoms with van der Waals surface area (Å²) in [5, 5.41) is 4.00. The number of nitrogens with two attached hydrogens (primary N) is 1. The van der Waals surface area contributed by atoms with E-state index in [1.54, 1.807) is 0 Å². The second-order valence-electron chi connectivity index (χ2n) is 4.40. The standard InChI is InChI=1S/C13H13N7/c1-8-4-3-5-10(9(8)2)11-17-12(14)19-13(18-11)20-7-15-6-16-20/h3-7H,1-2H3,(H2,14,17,18,19). The van der Waals surface area contributed by atoms with Crippen molar-refractivity contribution in [3.8, 4) is 17.3 Å². The van der Waals surface area contributed by atoms with Gasteiger partial charge >= 0.3 is 0 Å². The van der Waals surface area contributed by atoms with Crippen LogP contribution in [0.3, 0.4) is 0 Å². The summed E-state index contributed by atoms with van der Waals surface area (Å²) >= 11 is 0. The van der Waals surface area contributed by atoms with Gasteiger partial charge in [-0.2, -0.15) is 24.7 Å². The smallest absolute Gasteiger partial charge is 0.257 e. The lowest BCUT2D eigenvalue weighted by Gasteiger charge is -2.08. The van der Waals surface area contributed by atoms with Crippen LogP contribution in [0.2, 0.25) is 0 Å². The molecule has 20 heavy (non-hydrogen) atoms. The molecule has 0 saturated carbocycles. The lowest BCUT2D eigenvalue weighted by molar-refractivity contribution is 0.799. The van der Waals surface area contributed by atoms with E-state index in [1.165, 1.54) is 22.9 Å². The third-order valence-electron chi connectivity index (χ3n) is 3.11. The Bertz CT molecular complexity index is 749.